The number of nitrogens with zero attached hydrogens (tertiary/aromatic N) is 3. The Morgan fingerprint density at radius 3 is 2.69 bits per heavy atom. The van der Waals surface area contributed by atoms with Gasteiger partial charge in [0.15, 0.2) is 0 Å². The average molecular weight is 173 g/mol. The van der Waals surface area contributed by atoms with Crippen LogP contribution in [0.5, 0.6) is 0 Å². The van der Waals surface area contributed by atoms with E-state index < -0.39 is 0 Å². The summed E-state index contributed by atoms with van der Waals surface area (Å²) < 4.78 is 0. The molecule has 0 aliphatic heterocycles. The summed E-state index contributed by atoms with van der Waals surface area (Å²) in [5.41, 5.74) is 2.42. The molecule has 13 heavy (non-hydrogen) atoms. The van der Waals surface area contributed by atoms with Crippen molar-refractivity contribution in [3.05, 3.63) is 36.2 Å². The van der Waals surface area contributed by atoms with Gasteiger partial charge in [-0.15, -0.1) is 0 Å². The molecule has 1 aromatic heterocycles. The summed E-state index contributed by atoms with van der Waals surface area (Å²) in [6, 6.07) is 5.46. The molecule has 0 aliphatic rings. The van der Waals surface area contributed by atoms with Crippen LogP contribution in [-0.2, 0) is 0 Å². The van der Waals surface area contributed by atoms with Crippen LogP contribution < -0.4 is 0 Å². The summed E-state index contributed by atoms with van der Waals surface area (Å²) in [6.07, 6.45) is 4.62. The van der Waals surface area contributed by atoms with E-state index in [1.165, 1.54) is 6.21 Å². The quantitative estimate of drug-likeness (QED) is 0.403. The average Bonchev–Trinajstić information content (AvgIpc) is 2.18. The van der Waals surface area contributed by atoms with Gasteiger partial charge in [0.25, 0.3) is 0 Å². The normalized spacial score (nSPS) is 11.1. The monoisotopic (exact) mass is 173 g/mol. The fraction of sp³-hybridized carbons (Fsp3) is 0. The highest BCUT2D eigenvalue weighted by Crippen LogP contribution is 2.08. The first-order valence-corrected chi connectivity index (χ1v) is 3.78. The predicted octanol–water partition coefficient (Wildman–Crippen LogP) is 1.44. The molecule has 0 spiro atoms. The van der Waals surface area contributed by atoms with Gasteiger partial charge in [-0.05, 0) is 17.7 Å². The molecular weight excluding hydrogens is 166 g/mol. The minimum absolute atomic E-state index is 0.792. The highest BCUT2D eigenvalue weighted by atomic mass is 16.4. The fourth-order valence-electron chi connectivity index (χ4n) is 1.13. The van der Waals surface area contributed by atoms with Gasteiger partial charge in [0.05, 0.1) is 17.2 Å². The molecule has 64 valence electrons. The van der Waals surface area contributed by atoms with Gasteiger partial charge >= 0.3 is 0 Å². The van der Waals surface area contributed by atoms with Gasteiger partial charge in [-0.25, -0.2) is 0 Å². The van der Waals surface area contributed by atoms with Crippen LogP contribution in [0.1, 0.15) is 5.56 Å². The molecule has 1 heterocycles. The Labute approximate surface area is 74.6 Å². The fourth-order valence-corrected chi connectivity index (χ4v) is 1.13. The third-order valence-electron chi connectivity index (χ3n) is 1.70. The molecule has 0 saturated carbocycles. The lowest BCUT2D eigenvalue weighted by atomic mass is 10.2. The van der Waals surface area contributed by atoms with Crippen molar-refractivity contribution in [2.75, 3.05) is 0 Å². The minimum Gasteiger partial charge on any atom is -0.411 e. The van der Waals surface area contributed by atoms with Crippen LogP contribution in [0, 0.1) is 0 Å². The first kappa shape index (κ1) is 7.67. The van der Waals surface area contributed by atoms with Gasteiger partial charge in [-0.3, -0.25) is 9.97 Å². The number of oxime groups is 1. The van der Waals surface area contributed by atoms with E-state index in [1.807, 2.05) is 18.2 Å². The van der Waals surface area contributed by atoms with Crippen molar-refractivity contribution in [1.29, 1.82) is 0 Å². The number of hydrogen-bond acceptors (Lipinski definition) is 4. The van der Waals surface area contributed by atoms with Crippen LogP contribution in [0.3, 0.4) is 0 Å². The van der Waals surface area contributed by atoms with E-state index in [4.69, 9.17) is 5.21 Å². The van der Waals surface area contributed by atoms with Crippen molar-refractivity contribution in [3.8, 4) is 0 Å². The van der Waals surface area contributed by atoms with Crippen LogP contribution in [0.2, 0.25) is 0 Å². The maximum Gasteiger partial charge on any atom is 0.0893 e. The Morgan fingerprint density at radius 2 is 1.92 bits per heavy atom. The molecule has 0 unspecified atom stereocenters. The highest BCUT2D eigenvalue weighted by Gasteiger charge is 1.95. The smallest absolute Gasteiger partial charge is 0.0893 e. The van der Waals surface area contributed by atoms with Gasteiger partial charge in [0.1, 0.15) is 0 Å². The van der Waals surface area contributed by atoms with Crippen molar-refractivity contribution in [2.24, 2.45) is 5.16 Å². The summed E-state index contributed by atoms with van der Waals surface area (Å²) in [5, 5.41) is 11.3. The molecule has 0 radical (unpaired) electrons. The third-order valence-corrected chi connectivity index (χ3v) is 1.70. The Morgan fingerprint density at radius 1 is 1.15 bits per heavy atom. The standard InChI is InChI=1S/C9H7N3O/c13-12-6-7-1-2-8-9(5-7)11-4-3-10-8/h1-6,13H/b12-6+. The van der Waals surface area contributed by atoms with Crippen LogP contribution in [0.4, 0.5) is 0 Å². The van der Waals surface area contributed by atoms with Crippen molar-refractivity contribution in [2.45, 2.75) is 0 Å². The molecule has 2 rings (SSSR count). The highest BCUT2D eigenvalue weighted by molar-refractivity contribution is 5.86. The van der Waals surface area contributed by atoms with Crippen molar-refractivity contribution in [1.82, 2.24) is 9.97 Å². The summed E-state index contributed by atoms with van der Waals surface area (Å²) in [6.45, 7) is 0. The third kappa shape index (κ3) is 1.46. The molecule has 0 fully saturated rings. The van der Waals surface area contributed by atoms with E-state index in [0.29, 0.717) is 0 Å². The summed E-state index contributed by atoms with van der Waals surface area (Å²) >= 11 is 0. The molecule has 4 nitrogen and oxygen atoms in total. The summed E-state index contributed by atoms with van der Waals surface area (Å²) in [5.74, 6) is 0. The number of rotatable bonds is 1. The van der Waals surface area contributed by atoms with Crippen LogP contribution in [0.25, 0.3) is 11.0 Å². The van der Waals surface area contributed by atoms with E-state index in [9.17, 15) is 0 Å². The van der Waals surface area contributed by atoms with Gasteiger partial charge < -0.3 is 5.21 Å². The van der Waals surface area contributed by atoms with E-state index >= 15 is 0 Å². The molecule has 1 aromatic carbocycles. The maximum absolute atomic E-state index is 8.33. The number of benzene rings is 1. The van der Waals surface area contributed by atoms with E-state index in [0.717, 1.165) is 16.6 Å². The zero-order valence-electron chi connectivity index (χ0n) is 6.75. The summed E-state index contributed by atoms with van der Waals surface area (Å²) in [4.78, 5) is 8.23. The van der Waals surface area contributed by atoms with E-state index in [1.54, 1.807) is 12.4 Å². The maximum atomic E-state index is 8.33. The van der Waals surface area contributed by atoms with Crippen LogP contribution in [-0.4, -0.2) is 21.4 Å². The van der Waals surface area contributed by atoms with Crippen molar-refractivity contribution < 1.29 is 5.21 Å². The molecule has 4 heteroatoms. The van der Waals surface area contributed by atoms with Crippen molar-refractivity contribution in [3.63, 3.8) is 0 Å². The SMILES string of the molecule is O/N=C/c1ccc2nccnc2c1. The van der Waals surface area contributed by atoms with Gasteiger partial charge in [-0.1, -0.05) is 11.2 Å². The molecule has 0 amide bonds. The zero-order valence-corrected chi connectivity index (χ0v) is 6.75. The van der Waals surface area contributed by atoms with E-state index in [-0.39, 0.29) is 0 Å². The largest absolute Gasteiger partial charge is 0.411 e. The topological polar surface area (TPSA) is 58.4 Å². The van der Waals surface area contributed by atoms with Gasteiger partial charge in [0.2, 0.25) is 0 Å². The zero-order chi connectivity index (χ0) is 9.10. The first-order chi connectivity index (χ1) is 6.40. The lowest BCUT2D eigenvalue weighted by Gasteiger charge is -1.95. The van der Waals surface area contributed by atoms with Gasteiger partial charge in [0, 0.05) is 12.4 Å². The van der Waals surface area contributed by atoms with Crippen LogP contribution >= 0.6 is 0 Å². The Kier molecular flexibility index (Phi) is 1.88. The molecule has 0 bridgehead atoms. The first-order valence-electron chi connectivity index (χ1n) is 3.78. The molecule has 0 atom stereocenters. The second-order valence-electron chi connectivity index (χ2n) is 2.55. The van der Waals surface area contributed by atoms with Crippen LogP contribution in [0.15, 0.2) is 35.7 Å². The molecule has 1 N–H and O–H groups in total. The second kappa shape index (κ2) is 3.18. The molecule has 2 aromatic rings. The number of hydrogen-bond donors (Lipinski definition) is 1. The Hall–Kier alpha value is -1.97. The number of aromatic nitrogens is 2. The predicted molar refractivity (Wildman–Crippen MR) is 48.9 cm³/mol. The minimum atomic E-state index is 0.792. The molecular formula is C9H7N3O. The summed E-state index contributed by atoms with van der Waals surface area (Å²) in [7, 11) is 0. The second-order valence-corrected chi connectivity index (χ2v) is 2.55. The molecule has 0 aliphatic carbocycles. The lowest BCUT2D eigenvalue weighted by molar-refractivity contribution is 0.322. The van der Waals surface area contributed by atoms with Gasteiger partial charge in [-0.2, -0.15) is 0 Å². The Bertz CT molecular complexity index is 453. The van der Waals surface area contributed by atoms with Crippen molar-refractivity contribution >= 4 is 17.2 Å². The lowest BCUT2D eigenvalue weighted by Crippen LogP contribution is -1.85. The Balaban J connectivity index is 2.62. The molecule has 0 saturated heterocycles. The number of fused-ring (bicyclic) bond motifs is 1. The van der Waals surface area contributed by atoms with E-state index in [2.05, 4.69) is 15.1 Å².